The summed E-state index contributed by atoms with van der Waals surface area (Å²) in [7, 11) is -6.05. The molecule has 0 heterocycles. The molecule has 0 N–H and O–H groups in total. The first-order valence-corrected chi connectivity index (χ1v) is 17.5. The highest BCUT2D eigenvalue weighted by atomic mass is 79.9. The van der Waals surface area contributed by atoms with E-state index in [1.54, 1.807) is 0 Å². The fourth-order valence-electron chi connectivity index (χ4n) is 3.34. The predicted molar refractivity (Wildman–Crippen MR) is 168 cm³/mol. The summed E-state index contributed by atoms with van der Waals surface area (Å²) in [6.07, 6.45) is 0. The van der Waals surface area contributed by atoms with Gasteiger partial charge in [0.05, 0.1) is 11.1 Å². The zero-order chi connectivity index (χ0) is 34.2. The molecule has 242 valence electrons. The first kappa shape index (κ1) is 38.0. The van der Waals surface area contributed by atoms with Crippen molar-refractivity contribution >= 4 is 124 Å². The third kappa shape index (κ3) is 8.55. The minimum absolute atomic E-state index is 0.0655. The molecule has 0 unspecified atom stereocenters. The van der Waals surface area contributed by atoms with E-state index in [-0.39, 0.29) is 29.0 Å². The second-order valence-electron chi connectivity index (χ2n) is 8.96. The average Bonchev–Trinajstić information content (AvgIpc) is 2.90. The minimum atomic E-state index is -6.05. The lowest BCUT2D eigenvalue weighted by molar-refractivity contribution is -0.150. The molecule has 0 aliphatic rings. The molecule has 0 aromatic heterocycles. The van der Waals surface area contributed by atoms with Crippen LogP contribution in [0.4, 0.5) is 17.6 Å². The van der Waals surface area contributed by atoms with Crippen LogP contribution in [0.1, 0.15) is 27.6 Å². The van der Waals surface area contributed by atoms with E-state index in [0.29, 0.717) is 8.95 Å². The summed E-state index contributed by atoms with van der Waals surface area (Å²) in [5.74, 6) is -16.3. The van der Waals surface area contributed by atoms with Crippen LogP contribution in [0.15, 0.2) is 56.0 Å². The maximum Gasteiger partial charge on any atom is 0.340 e. The molecule has 0 saturated heterocycles. The number of hydrogen-bond acceptors (Lipinski definition) is 9. The lowest BCUT2D eigenvalue weighted by atomic mass is 9.93. The Morgan fingerprint density at radius 2 is 1.04 bits per heavy atom. The molecule has 0 atom stereocenters. The fraction of sp³-hybridized carbons (Fsp3) is 0.160. The Labute approximate surface area is 301 Å². The summed E-state index contributed by atoms with van der Waals surface area (Å²) in [6.45, 7) is -1.04. The largest absolute Gasteiger partial charge is 0.744 e. The van der Waals surface area contributed by atoms with Crippen molar-refractivity contribution in [3.8, 4) is 5.75 Å². The van der Waals surface area contributed by atoms with Crippen molar-refractivity contribution < 1.29 is 59.1 Å². The van der Waals surface area contributed by atoms with E-state index in [1.165, 1.54) is 24.3 Å². The van der Waals surface area contributed by atoms with E-state index in [9.17, 15) is 44.9 Å². The average molecular weight is 1040 g/mol. The molecule has 20 heteroatoms. The van der Waals surface area contributed by atoms with Gasteiger partial charge in [-0.15, -0.1) is 0 Å². The molecule has 3 rings (SSSR count). The highest BCUT2D eigenvalue weighted by molar-refractivity contribution is 9.12. The van der Waals surface area contributed by atoms with Crippen molar-refractivity contribution in [1.82, 2.24) is 0 Å². The number of rotatable bonds is 9. The van der Waals surface area contributed by atoms with E-state index < -0.39 is 80.6 Å². The molecule has 0 amide bonds. The fourth-order valence-corrected chi connectivity index (χ4v) is 9.13. The molecule has 0 radical (unpaired) electrons. The second-order valence-corrected chi connectivity index (χ2v) is 15.5. The van der Waals surface area contributed by atoms with Crippen molar-refractivity contribution in [2.24, 2.45) is 5.41 Å². The standard InChI is InChI=1S/C25H12Br6F4O9S/c1-25(6-42-22(36)14-10(28)2-8(26)3-11(14)29,7-43-23(37)15-12(30)4-9(27)5-13(15)31)24(38)44-20-16(32)18(34)21(45(39,40)41)19(35)17(20)33/h2-5H,6-7H2,1H3,(H,39,40,41)/p-1. The van der Waals surface area contributed by atoms with Gasteiger partial charge in [0.1, 0.15) is 33.6 Å². The smallest absolute Gasteiger partial charge is 0.340 e. The van der Waals surface area contributed by atoms with Crippen molar-refractivity contribution in [2.75, 3.05) is 13.2 Å². The highest BCUT2D eigenvalue weighted by Gasteiger charge is 2.42. The molecule has 9 nitrogen and oxygen atoms in total. The third-order valence-corrected chi connectivity index (χ3v) is 9.86. The molecule has 3 aromatic carbocycles. The topological polar surface area (TPSA) is 136 Å². The molecule has 45 heavy (non-hydrogen) atoms. The van der Waals surface area contributed by atoms with Crippen LogP contribution in [-0.2, 0) is 24.4 Å². The van der Waals surface area contributed by atoms with E-state index in [4.69, 9.17) is 9.47 Å². The first-order valence-electron chi connectivity index (χ1n) is 11.4. The van der Waals surface area contributed by atoms with E-state index in [0.717, 1.165) is 6.92 Å². The number of halogens is 10. The van der Waals surface area contributed by atoms with E-state index in [2.05, 4.69) is 100 Å². The number of carbonyl (C=O) groups excluding carboxylic acids is 3. The van der Waals surface area contributed by atoms with Crippen molar-refractivity contribution in [3.05, 3.63) is 85.5 Å². The number of benzene rings is 3. The van der Waals surface area contributed by atoms with Crippen LogP contribution in [0, 0.1) is 28.7 Å². The Kier molecular flexibility index (Phi) is 12.5. The monoisotopic (exact) mass is 1040 g/mol. The molecule has 0 spiro atoms. The highest BCUT2D eigenvalue weighted by Crippen LogP contribution is 2.36. The van der Waals surface area contributed by atoms with Gasteiger partial charge in [-0.3, -0.25) is 4.79 Å². The van der Waals surface area contributed by atoms with Crippen LogP contribution < -0.4 is 4.74 Å². The first-order chi connectivity index (χ1) is 20.7. The van der Waals surface area contributed by atoms with Crippen LogP contribution in [0.3, 0.4) is 0 Å². The van der Waals surface area contributed by atoms with Gasteiger partial charge in [0.25, 0.3) is 0 Å². The van der Waals surface area contributed by atoms with Gasteiger partial charge in [0.2, 0.25) is 17.4 Å². The molecule has 3 aromatic rings. The SMILES string of the molecule is CC(COC(=O)c1c(Br)cc(Br)cc1Br)(COC(=O)c1c(Br)cc(Br)cc1Br)C(=O)Oc1c(F)c(F)c(S(=O)(=O)[O-])c(F)c1F. The maximum atomic E-state index is 14.6. The summed E-state index contributed by atoms with van der Waals surface area (Å²) in [4.78, 5) is 36.7. The van der Waals surface area contributed by atoms with Crippen molar-refractivity contribution in [1.29, 1.82) is 0 Å². The molecule has 0 saturated carbocycles. The van der Waals surface area contributed by atoms with Gasteiger partial charge in [-0.1, -0.05) is 31.9 Å². The number of esters is 3. The van der Waals surface area contributed by atoms with Gasteiger partial charge >= 0.3 is 17.9 Å². The Morgan fingerprint density at radius 3 is 1.36 bits per heavy atom. The van der Waals surface area contributed by atoms with Crippen LogP contribution in [0.5, 0.6) is 5.75 Å². The molecular weight excluding hydrogens is 1030 g/mol. The zero-order valence-electron chi connectivity index (χ0n) is 21.6. The normalized spacial score (nSPS) is 11.7. The Hall–Kier alpha value is -1.42. The van der Waals surface area contributed by atoms with Crippen LogP contribution >= 0.6 is 95.6 Å². The van der Waals surface area contributed by atoms with E-state index in [1.807, 2.05) is 0 Å². The number of ether oxygens (including phenoxy) is 3. The second kappa shape index (κ2) is 14.8. The predicted octanol–water partition coefficient (Wildman–Crippen LogP) is 8.35. The molecule has 0 bridgehead atoms. The number of carbonyl (C=O) groups is 3. The summed E-state index contributed by atoms with van der Waals surface area (Å²) in [6, 6.07) is 5.96. The maximum absolute atomic E-state index is 14.6. The third-order valence-electron chi connectivity index (χ3n) is 5.59. The summed E-state index contributed by atoms with van der Waals surface area (Å²) >= 11 is 19.2. The zero-order valence-corrected chi connectivity index (χ0v) is 31.9. The van der Waals surface area contributed by atoms with Gasteiger partial charge in [-0.2, -0.15) is 8.78 Å². The Morgan fingerprint density at radius 1 is 0.711 bits per heavy atom. The van der Waals surface area contributed by atoms with Gasteiger partial charge in [-0.05, 0) is 94.9 Å². The summed E-state index contributed by atoms with van der Waals surface area (Å²) < 4.78 is 108. The molecule has 0 fully saturated rings. The van der Waals surface area contributed by atoms with E-state index >= 15 is 0 Å². The molecule has 0 aliphatic heterocycles. The van der Waals surface area contributed by atoms with Crippen LogP contribution in [0.25, 0.3) is 0 Å². The Bertz CT molecular complexity index is 1710. The Balaban J connectivity index is 2.01. The van der Waals surface area contributed by atoms with Crippen molar-refractivity contribution in [2.45, 2.75) is 11.8 Å². The lowest BCUT2D eigenvalue weighted by Crippen LogP contribution is -2.42. The van der Waals surface area contributed by atoms with Crippen LogP contribution in [-0.4, -0.2) is 44.1 Å². The molecule has 0 aliphatic carbocycles. The van der Waals surface area contributed by atoms with Gasteiger partial charge < -0.3 is 18.8 Å². The van der Waals surface area contributed by atoms with Gasteiger partial charge in [-0.25, -0.2) is 26.8 Å². The molecular formula is C25H11Br6F4O9S-. The van der Waals surface area contributed by atoms with Crippen molar-refractivity contribution in [3.63, 3.8) is 0 Å². The van der Waals surface area contributed by atoms with Crippen LogP contribution in [0.2, 0.25) is 0 Å². The quantitative estimate of drug-likeness (QED) is 0.0682. The number of hydrogen-bond donors (Lipinski definition) is 0. The van der Waals surface area contributed by atoms with Gasteiger partial charge in [0.15, 0.2) is 11.6 Å². The lowest BCUT2D eigenvalue weighted by Gasteiger charge is -2.27. The van der Waals surface area contributed by atoms with Gasteiger partial charge in [0, 0.05) is 26.8 Å². The minimum Gasteiger partial charge on any atom is -0.744 e. The summed E-state index contributed by atoms with van der Waals surface area (Å²) in [5, 5.41) is 0. The summed E-state index contributed by atoms with van der Waals surface area (Å²) in [5.41, 5.74) is -2.46.